The van der Waals surface area contributed by atoms with Crippen LogP contribution in [0.5, 0.6) is 0 Å². The molecule has 0 saturated heterocycles. The van der Waals surface area contributed by atoms with E-state index in [1.165, 1.54) is 0 Å². The molecule has 1 aromatic rings. The molecule has 2 heteroatoms. The highest BCUT2D eigenvalue weighted by atomic mass is 35.5. The molecule has 0 amide bonds. The Hall–Kier alpha value is -1.08. The quantitative estimate of drug-likeness (QED) is 0.548. The molecule has 0 spiro atoms. The maximum absolute atomic E-state index is 11.7. The van der Waals surface area contributed by atoms with Crippen LogP contribution in [0, 0.1) is 5.92 Å². The molecular weight excluding hydrogens is 196 g/mol. The highest BCUT2D eigenvalue weighted by molar-refractivity contribution is 6.45. The van der Waals surface area contributed by atoms with E-state index in [-0.39, 0.29) is 11.7 Å². The van der Waals surface area contributed by atoms with Crippen molar-refractivity contribution >= 4 is 17.4 Å². The van der Waals surface area contributed by atoms with Crippen LogP contribution in [0.2, 0.25) is 0 Å². The monoisotopic (exact) mass is 208 g/mol. The molecule has 0 fully saturated rings. The fourth-order valence-corrected chi connectivity index (χ4v) is 1.46. The van der Waals surface area contributed by atoms with Crippen molar-refractivity contribution in [1.29, 1.82) is 0 Å². The zero-order chi connectivity index (χ0) is 10.6. The molecule has 0 atom stereocenters. The van der Waals surface area contributed by atoms with Crippen molar-refractivity contribution in [1.82, 2.24) is 0 Å². The van der Waals surface area contributed by atoms with E-state index < -0.39 is 0 Å². The van der Waals surface area contributed by atoms with Gasteiger partial charge in [0.15, 0.2) is 0 Å². The van der Waals surface area contributed by atoms with E-state index in [0.29, 0.717) is 10.6 Å². The standard InChI is InChI=1S/C12H13ClO/c1-9(2)8-11(13)12(14)10-6-4-3-5-7-10/h3-9H,1-2H3/b11-8-. The number of Topliss-reactive ketones (excluding diaryl/α,β-unsaturated/α-hetero) is 1. The molecule has 0 heterocycles. The predicted octanol–water partition coefficient (Wildman–Crippen LogP) is 3.65. The molecule has 1 nitrogen and oxygen atoms in total. The number of carbonyl (C=O) groups excluding carboxylic acids is 1. The van der Waals surface area contributed by atoms with Crippen LogP contribution in [-0.2, 0) is 0 Å². The van der Waals surface area contributed by atoms with Crippen LogP contribution in [0.25, 0.3) is 0 Å². The highest BCUT2D eigenvalue weighted by Gasteiger charge is 2.09. The molecule has 0 radical (unpaired) electrons. The van der Waals surface area contributed by atoms with Gasteiger partial charge in [-0.2, -0.15) is 0 Å². The van der Waals surface area contributed by atoms with E-state index in [2.05, 4.69) is 0 Å². The number of ketones is 1. The molecule has 0 aromatic heterocycles. The van der Waals surface area contributed by atoms with E-state index in [9.17, 15) is 4.79 Å². The summed E-state index contributed by atoms with van der Waals surface area (Å²) in [6.07, 6.45) is 1.76. The summed E-state index contributed by atoms with van der Waals surface area (Å²) in [6, 6.07) is 9.05. The lowest BCUT2D eigenvalue weighted by molar-refractivity contribution is 0.104. The second-order valence-electron chi connectivity index (χ2n) is 3.45. The summed E-state index contributed by atoms with van der Waals surface area (Å²) in [5.41, 5.74) is 0.634. The highest BCUT2D eigenvalue weighted by Crippen LogP contribution is 2.14. The second-order valence-corrected chi connectivity index (χ2v) is 3.86. The lowest BCUT2D eigenvalue weighted by atomic mass is 10.1. The summed E-state index contributed by atoms with van der Waals surface area (Å²) in [4.78, 5) is 11.7. The van der Waals surface area contributed by atoms with Gasteiger partial charge in [-0.15, -0.1) is 0 Å². The van der Waals surface area contributed by atoms with Crippen molar-refractivity contribution in [3.63, 3.8) is 0 Å². The molecule has 0 aliphatic heterocycles. The molecule has 0 bridgehead atoms. The fraction of sp³-hybridized carbons (Fsp3) is 0.250. The number of rotatable bonds is 3. The largest absolute Gasteiger partial charge is 0.288 e. The van der Waals surface area contributed by atoms with Crippen LogP contribution >= 0.6 is 11.6 Å². The van der Waals surface area contributed by atoms with Crippen molar-refractivity contribution in [3.05, 3.63) is 47.0 Å². The molecule has 74 valence electrons. The Labute approximate surface area is 89.4 Å². The van der Waals surface area contributed by atoms with Gasteiger partial charge in [0.1, 0.15) is 0 Å². The molecule has 0 aliphatic rings. The normalized spacial score (nSPS) is 11.9. The lowest BCUT2D eigenvalue weighted by Gasteiger charge is -2.00. The minimum Gasteiger partial charge on any atom is -0.288 e. The minimum absolute atomic E-state index is 0.110. The van der Waals surface area contributed by atoms with E-state index >= 15 is 0 Å². The lowest BCUT2D eigenvalue weighted by Crippen LogP contribution is -1.99. The van der Waals surface area contributed by atoms with Gasteiger partial charge in [-0.25, -0.2) is 0 Å². The average Bonchev–Trinajstić information content (AvgIpc) is 2.17. The van der Waals surface area contributed by atoms with Crippen molar-refractivity contribution < 1.29 is 4.79 Å². The molecule has 14 heavy (non-hydrogen) atoms. The number of carbonyl (C=O) groups is 1. The van der Waals surface area contributed by atoms with E-state index in [4.69, 9.17) is 11.6 Å². The molecular formula is C12H13ClO. The van der Waals surface area contributed by atoms with Gasteiger partial charge in [-0.05, 0) is 5.92 Å². The van der Waals surface area contributed by atoms with Crippen LogP contribution in [0.4, 0.5) is 0 Å². The van der Waals surface area contributed by atoms with Gasteiger partial charge in [0.25, 0.3) is 0 Å². The van der Waals surface area contributed by atoms with Gasteiger partial charge in [-0.1, -0.05) is 61.9 Å². The van der Waals surface area contributed by atoms with Gasteiger partial charge in [0.05, 0.1) is 5.03 Å². The molecule has 0 aliphatic carbocycles. The Kier molecular flexibility index (Phi) is 3.90. The van der Waals surface area contributed by atoms with Crippen molar-refractivity contribution in [2.24, 2.45) is 5.92 Å². The summed E-state index contributed by atoms with van der Waals surface area (Å²) in [5, 5.41) is 0.297. The molecule has 0 unspecified atom stereocenters. The third-order valence-electron chi connectivity index (χ3n) is 1.73. The maximum Gasteiger partial charge on any atom is 0.204 e. The Morgan fingerprint density at radius 3 is 2.36 bits per heavy atom. The van der Waals surface area contributed by atoms with Gasteiger partial charge in [0.2, 0.25) is 5.78 Å². The second kappa shape index (κ2) is 4.97. The summed E-state index contributed by atoms with van der Waals surface area (Å²) >= 11 is 5.87. The summed E-state index contributed by atoms with van der Waals surface area (Å²) in [6.45, 7) is 3.97. The Morgan fingerprint density at radius 1 is 1.29 bits per heavy atom. The SMILES string of the molecule is CC(C)/C=C(\Cl)C(=O)c1ccccc1. The first-order chi connectivity index (χ1) is 6.61. The van der Waals surface area contributed by atoms with Crippen molar-refractivity contribution in [2.45, 2.75) is 13.8 Å². The van der Waals surface area contributed by atoms with Crippen molar-refractivity contribution in [2.75, 3.05) is 0 Å². The van der Waals surface area contributed by atoms with E-state index in [1.807, 2.05) is 32.0 Å². The number of hydrogen-bond donors (Lipinski definition) is 0. The molecule has 0 saturated carbocycles. The third kappa shape index (κ3) is 3.00. The topological polar surface area (TPSA) is 17.1 Å². The number of benzene rings is 1. The third-order valence-corrected chi connectivity index (χ3v) is 2.03. The number of allylic oxidation sites excluding steroid dienone is 2. The van der Waals surface area contributed by atoms with Crippen LogP contribution in [0.3, 0.4) is 0 Å². The van der Waals surface area contributed by atoms with Crippen LogP contribution in [0.1, 0.15) is 24.2 Å². The summed E-state index contributed by atoms with van der Waals surface area (Å²) in [7, 11) is 0. The first kappa shape index (κ1) is 11.0. The van der Waals surface area contributed by atoms with E-state index in [1.54, 1.807) is 18.2 Å². The summed E-state index contributed by atoms with van der Waals surface area (Å²) < 4.78 is 0. The minimum atomic E-state index is -0.110. The average molecular weight is 209 g/mol. The van der Waals surface area contributed by atoms with Gasteiger partial charge in [0, 0.05) is 5.56 Å². The number of halogens is 1. The molecule has 1 aromatic carbocycles. The smallest absolute Gasteiger partial charge is 0.204 e. The Balaban J connectivity index is 2.87. The predicted molar refractivity (Wildman–Crippen MR) is 59.5 cm³/mol. The maximum atomic E-state index is 11.7. The van der Waals surface area contributed by atoms with Crippen LogP contribution in [0.15, 0.2) is 41.4 Å². The zero-order valence-corrected chi connectivity index (χ0v) is 9.08. The fourth-order valence-electron chi connectivity index (χ4n) is 1.10. The Bertz CT molecular complexity index is 339. The first-order valence-electron chi connectivity index (χ1n) is 4.58. The Morgan fingerprint density at radius 2 is 1.86 bits per heavy atom. The van der Waals surface area contributed by atoms with Gasteiger partial charge in [-0.3, -0.25) is 4.79 Å². The van der Waals surface area contributed by atoms with Crippen LogP contribution < -0.4 is 0 Å². The first-order valence-corrected chi connectivity index (χ1v) is 4.96. The van der Waals surface area contributed by atoms with Gasteiger partial charge >= 0.3 is 0 Å². The molecule has 0 N–H and O–H groups in total. The van der Waals surface area contributed by atoms with Gasteiger partial charge < -0.3 is 0 Å². The van der Waals surface area contributed by atoms with Crippen molar-refractivity contribution in [3.8, 4) is 0 Å². The zero-order valence-electron chi connectivity index (χ0n) is 8.33. The molecule has 1 rings (SSSR count). The van der Waals surface area contributed by atoms with E-state index in [0.717, 1.165) is 0 Å². The van der Waals surface area contributed by atoms with Crippen LogP contribution in [-0.4, -0.2) is 5.78 Å². The number of hydrogen-bond acceptors (Lipinski definition) is 1. The summed E-state index contributed by atoms with van der Waals surface area (Å²) in [5.74, 6) is 0.177.